The maximum Gasteiger partial charge on any atom is 0.334 e. The van der Waals surface area contributed by atoms with Crippen LogP contribution in [0, 0.1) is 0 Å². The van der Waals surface area contributed by atoms with Gasteiger partial charge in [0, 0.05) is 14.2 Å². The van der Waals surface area contributed by atoms with Gasteiger partial charge in [0.15, 0.2) is 0 Å². The minimum absolute atomic E-state index is 0. The fraction of sp³-hybridized carbons (Fsp3) is 1.00. The average Bonchev–Trinajstić information content (AvgIpc) is 2.00. The minimum atomic E-state index is -1.72. The van der Waals surface area contributed by atoms with Gasteiger partial charge in [0.1, 0.15) is 0 Å². The van der Waals surface area contributed by atoms with Gasteiger partial charge < -0.3 is 14.3 Å². The van der Waals surface area contributed by atoms with Crippen LogP contribution in [0.1, 0.15) is 19.8 Å². The third kappa shape index (κ3) is 5.38. The molecule has 0 aromatic heterocycles. The molecule has 0 saturated heterocycles. The van der Waals surface area contributed by atoms with Crippen LogP contribution in [-0.2, 0) is 8.85 Å². The Morgan fingerprint density at radius 1 is 1.18 bits per heavy atom. The van der Waals surface area contributed by atoms with Crippen LogP contribution in [0.2, 0.25) is 12.6 Å². The lowest BCUT2D eigenvalue weighted by molar-refractivity contribution is 0.248. The summed E-state index contributed by atoms with van der Waals surface area (Å²) in [5, 5.41) is 0. The van der Waals surface area contributed by atoms with Crippen LogP contribution in [0.3, 0.4) is 0 Å². The van der Waals surface area contributed by atoms with Crippen LogP contribution in [0.5, 0.6) is 0 Å². The highest BCUT2D eigenvalue weighted by Gasteiger charge is 2.27. The van der Waals surface area contributed by atoms with E-state index in [1.54, 1.807) is 14.2 Å². The maximum atomic E-state index is 5.31. The molecule has 0 aliphatic rings. The first-order chi connectivity index (χ1) is 4.68. The lowest BCUT2D eigenvalue weighted by atomic mass is 10.4. The van der Waals surface area contributed by atoms with E-state index in [0.717, 1.165) is 6.04 Å². The molecule has 70 valence electrons. The predicted octanol–water partition coefficient (Wildman–Crippen LogP) is 1.33. The highest BCUT2D eigenvalue weighted by molar-refractivity contribution is 6.65. The van der Waals surface area contributed by atoms with Crippen molar-refractivity contribution < 1.29 is 14.3 Å². The van der Waals surface area contributed by atoms with Crippen molar-refractivity contribution in [3.8, 4) is 0 Å². The summed E-state index contributed by atoms with van der Waals surface area (Å²) in [4.78, 5) is 0. The van der Waals surface area contributed by atoms with E-state index in [9.17, 15) is 0 Å². The quantitative estimate of drug-likeness (QED) is 0.599. The Morgan fingerprint density at radius 2 is 1.64 bits per heavy atom. The normalized spacial score (nSPS) is 10.9. The van der Waals surface area contributed by atoms with Crippen LogP contribution in [-0.4, -0.2) is 28.3 Å². The Labute approximate surface area is 70.3 Å². The van der Waals surface area contributed by atoms with Gasteiger partial charge in [-0.05, 0) is 12.6 Å². The van der Waals surface area contributed by atoms with Crippen molar-refractivity contribution in [1.29, 1.82) is 0 Å². The molecule has 0 aliphatic carbocycles. The maximum absolute atomic E-state index is 5.31. The third-order valence-electron chi connectivity index (χ3n) is 1.85. The highest BCUT2D eigenvalue weighted by atomic mass is 28.4. The molecule has 0 atom stereocenters. The molecule has 0 aromatic carbocycles. The molecule has 0 aromatic rings. The van der Waals surface area contributed by atoms with Gasteiger partial charge in [-0.2, -0.15) is 0 Å². The second-order valence-corrected chi connectivity index (χ2v) is 6.23. The van der Waals surface area contributed by atoms with Crippen molar-refractivity contribution in [2.24, 2.45) is 0 Å². The molecule has 0 spiro atoms. The molecule has 0 fully saturated rings. The van der Waals surface area contributed by atoms with Crippen LogP contribution >= 0.6 is 0 Å². The predicted molar refractivity (Wildman–Crippen MR) is 49.0 cm³/mol. The summed E-state index contributed by atoms with van der Waals surface area (Å²) in [5.74, 6) is 0. The van der Waals surface area contributed by atoms with Crippen LogP contribution in [0.4, 0.5) is 0 Å². The molecule has 0 amide bonds. The van der Waals surface area contributed by atoms with Gasteiger partial charge in [-0.15, -0.1) is 0 Å². The van der Waals surface area contributed by atoms with E-state index in [-0.39, 0.29) is 5.48 Å². The Balaban J connectivity index is 0. The number of hydrogen-bond acceptors (Lipinski definition) is 2. The zero-order valence-electron chi connectivity index (χ0n) is 7.94. The monoisotopic (exact) mass is 180 g/mol. The van der Waals surface area contributed by atoms with Crippen LogP contribution in [0.15, 0.2) is 0 Å². The summed E-state index contributed by atoms with van der Waals surface area (Å²) in [6, 6.07) is 1.11. The van der Waals surface area contributed by atoms with E-state index in [1.165, 1.54) is 12.8 Å². The lowest BCUT2D eigenvalue weighted by Gasteiger charge is -2.21. The average molecular weight is 180 g/mol. The molecular weight excluding hydrogens is 160 g/mol. The van der Waals surface area contributed by atoms with Gasteiger partial charge >= 0.3 is 8.56 Å². The van der Waals surface area contributed by atoms with Crippen molar-refractivity contribution in [3.63, 3.8) is 0 Å². The van der Waals surface area contributed by atoms with Crippen molar-refractivity contribution >= 4 is 8.56 Å². The van der Waals surface area contributed by atoms with Gasteiger partial charge in [-0.3, -0.25) is 0 Å². The molecule has 2 N–H and O–H groups in total. The Kier molecular flexibility index (Phi) is 8.43. The van der Waals surface area contributed by atoms with Crippen molar-refractivity contribution in [2.45, 2.75) is 32.4 Å². The standard InChI is InChI=1S/C7H18O2Si.H2O/c1-5-6-7-10(4,8-2)9-3;/h5-7H2,1-4H3;1H2. The largest absolute Gasteiger partial charge is 0.412 e. The summed E-state index contributed by atoms with van der Waals surface area (Å²) in [6.07, 6.45) is 2.43. The second kappa shape index (κ2) is 6.79. The molecule has 0 saturated carbocycles. The summed E-state index contributed by atoms with van der Waals surface area (Å²) in [6.45, 7) is 4.28. The van der Waals surface area contributed by atoms with Crippen molar-refractivity contribution in [2.75, 3.05) is 14.2 Å². The zero-order valence-corrected chi connectivity index (χ0v) is 8.94. The Morgan fingerprint density at radius 3 is 1.91 bits per heavy atom. The summed E-state index contributed by atoms with van der Waals surface area (Å²) < 4.78 is 10.6. The highest BCUT2D eigenvalue weighted by Crippen LogP contribution is 2.14. The molecular formula is C7H20O3Si. The zero-order chi connectivity index (χ0) is 8.04. The van der Waals surface area contributed by atoms with Crippen LogP contribution < -0.4 is 0 Å². The first-order valence-electron chi connectivity index (χ1n) is 3.79. The van der Waals surface area contributed by atoms with Crippen molar-refractivity contribution in [3.05, 3.63) is 0 Å². The molecule has 3 nitrogen and oxygen atoms in total. The van der Waals surface area contributed by atoms with Gasteiger partial charge in [-0.25, -0.2) is 0 Å². The SMILES string of the molecule is CCCC[Si](C)(OC)OC.O. The topological polar surface area (TPSA) is 50.0 Å². The molecule has 0 aliphatic heterocycles. The molecule has 0 bridgehead atoms. The van der Waals surface area contributed by atoms with Gasteiger partial charge in [0.05, 0.1) is 0 Å². The minimum Gasteiger partial charge on any atom is -0.412 e. The summed E-state index contributed by atoms with van der Waals surface area (Å²) in [5.41, 5.74) is 0. The first-order valence-corrected chi connectivity index (χ1v) is 6.31. The molecule has 4 heteroatoms. The first kappa shape index (κ1) is 13.7. The summed E-state index contributed by atoms with van der Waals surface area (Å²) in [7, 11) is 1.76. The molecule has 0 unspecified atom stereocenters. The van der Waals surface area contributed by atoms with E-state index < -0.39 is 8.56 Å². The number of rotatable bonds is 5. The summed E-state index contributed by atoms with van der Waals surface area (Å²) >= 11 is 0. The molecule has 0 heterocycles. The molecule has 11 heavy (non-hydrogen) atoms. The molecule has 0 rings (SSSR count). The smallest absolute Gasteiger partial charge is 0.334 e. The fourth-order valence-electron chi connectivity index (χ4n) is 0.785. The Hall–Kier alpha value is 0.0969. The van der Waals surface area contributed by atoms with Crippen LogP contribution in [0.25, 0.3) is 0 Å². The fourth-order valence-corrected chi connectivity index (χ4v) is 2.36. The number of hydrogen-bond donors (Lipinski definition) is 0. The number of unbranched alkanes of at least 4 members (excludes halogenated alkanes) is 1. The molecule has 0 radical (unpaired) electrons. The van der Waals surface area contributed by atoms with E-state index in [4.69, 9.17) is 8.85 Å². The van der Waals surface area contributed by atoms with Crippen molar-refractivity contribution in [1.82, 2.24) is 0 Å². The van der Waals surface area contributed by atoms with E-state index in [1.807, 2.05) is 0 Å². The van der Waals surface area contributed by atoms with E-state index in [0.29, 0.717) is 0 Å². The van der Waals surface area contributed by atoms with Gasteiger partial charge in [0.25, 0.3) is 0 Å². The van der Waals surface area contributed by atoms with E-state index >= 15 is 0 Å². The second-order valence-electron chi connectivity index (χ2n) is 2.65. The van der Waals surface area contributed by atoms with Gasteiger partial charge in [-0.1, -0.05) is 19.8 Å². The third-order valence-corrected chi connectivity index (χ3v) is 4.84. The lowest BCUT2D eigenvalue weighted by Crippen LogP contribution is -2.35. The van der Waals surface area contributed by atoms with Gasteiger partial charge in [0.2, 0.25) is 0 Å². The van der Waals surface area contributed by atoms with E-state index in [2.05, 4.69) is 13.5 Å². The Bertz CT molecular complexity index is 83.8.